The molecule has 0 fully saturated rings. The molecule has 0 aliphatic carbocycles. The second-order valence-corrected chi connectivity index (χ2v) is 8.25. The molecule has 1 aromatic rings. The minimum absolute atomic E-state index is 0.0983. The molecule has 8 heteroatoms. The van der Waals surface area contributed by atoms with Crippen molar-refractivity contribution >= 4 is 11.6 Å². The van der Waals surface area contributed by atoms with E-state index in [9.17, 15) is 20.0 Å². The van der Waals surface area contributed by atoms with Gasteiger partial charge in [0.15, 0.2) is 0 Å². The monoisotopic (exact) mass is 432 g/mol. The Labute approximate surface area is 183 Å². The summed E-state index contributed by atoms with van der Waals surface area (Å²) in [6.45, 7) is 6.66. The number of non-ortho nitro benzene ring substituents is 1. The molecular formula is C23H32N2O6. The first-order valence-corrected chi connectivity index (χ1v) is 11.2. The number of ether oxygens (including phenoxy) is 2. The molecule has 0 bridgehead atoms. The Balaban J connectivity index is 2.08. The van der Waals surface area contributed by atoms with Crippen molar-refractivity contribution in [3.05, 3.63) is 45.7 Å². The highest BCUT2D eigenvalue weighted by atomic mass is 16.6. The van der Waals surface area contributed by atoms with Crippen molar-refractivity contribution < 1.29 is 24.3 Å². The number of aliphatic hydroxyl groups is 1. The molecule has 1 amide bonds. The summed E-state index contributed by atoms with van der Waals surface area (Å²) in [5, 5.41) is 23.0. The van der Waals surface area contributed by atoms with Crippen LogP contribution < -0.4 is 4.74 Å². The maximum atomic E-state index is 12.9. The molecule has 0 saturated carbocycles. The molecular weight excluding hydrogens is 400 g/mol. The van der Waals surface area contributed by atoms with Crippen LogP contribution in [-0.2, 0) is 9.53 Å². The summed E-state index contributed by atoms with van der Waals surface area (Å²) >= 11 is 0. The van der Waals surface area contributed by atoms with Crippen LogP contribution in [0.3, 0.4) is 0 Å². The van der Waals surface area contributed by atoms with Crippen LogP contribution in [-0.4, -0.2) is 45.7 Å². The quantitative estimate of drug-likeness (QED) is 0.438. The number of nitro benzene ring substituents is 1. The van der Waals surface area contributed by atoms with Gasteiger partial charge in [-0.3, -0.25) is 14.9 Å². The molecule has 0 unspecified atom stereocenters. The summed E-state index contributed by atoms with van der Waals surface area (Å²) in [6, 6.07) is 3.67. The molecule has 0 saturated heterocycles. The number of nitro groups is 1. The highest BCUT2D eigenvalue weighted by Gasteiger charge is 2.52. The van der Waals surface area contributed by atoms with Crippen molar-refractivity contribution in [1.82, 2.24) is 4.90 Å². The van der Waals surface area contributed by atoms with Gasteiger partial charge in [0.2, 0.25) is 0 Å². The lowest BCUT2D eigenvalue weighted by Gasteiger charge is -2.48. The second-order valence-electron chi connectivity index (χ2n) is 8.25. The molecule has 2 atom stereocenters. The number of carbonyl (C=O) groups excluding carboxylic acids is 1. The molecule has 2 heterocycles. The predicted octanol–water partition coefficient (Wildman–Crippen LogP) is 4.27. The third-order valence-electron chi connectivity index (χ3n) is 6.14. The maximum absolute atomic E-state index is 12.9. The average Bonchev–Trinajstić information content (AvgIpc) is 3.10. The Bertz CT molecular complexity index is 844. The van der Waals surface area contributed by atoms with Crippen molar-refractivity contribution in [3.63, 3.8) is 0 Å². The molecule has 2 aliphatic rings. The molecule has 0 spiro atoms. The number of amides is 1. The largest absolute Gasteiger partial charge is 0.496 e. The zero-order chi connectivity index (χ0) is 22.6. The van der Waals surface area contributed by atoms with Crippen LogP contribution in [0.4, 0.5) is 5.69 Å². The summed E-state index contributed by atoms with van der Waals surface area (Å²) in [6.07, 6.45) is 5.33. The Morgan fingerprint density at radius 1 is 1.26 bits per heavy atom. The predicted molar refractivity (Wildman–Crippen MR) is 116 cm³/mol. The number of carbonyl (C=O) groups is 1. The summed E-state index contributed by atoms with van der Waals surface area (Å²) in [4.78, 5) is 25.3. The zero-order valence-corrected chi connectivity index (χ0v) is 18.5. The third-order valence-corrected chi connectivity index (χ3v) is 6.14. The number of unbranched alkanes of at least 4 members (excludes halogenated alkanes) is 2. The van der Waals surface area contributed by atoms with Gasteiger partial charge in [0.1, 0.15) is 23.2 Å². The lowest BCUT2D eigenvalue weighted by molar-refractivity contribution is -0.385. The lowest BCUT2D eigenvalue weighted by Crippen LogP contribution is -2.57. The fraction of sp³-hybridized carbons (Fsp3) is 0.609. The zero-order valence-electron chi connectivity index (χ0n) is 18.5. The number of rotatable bonds is 10. The van der Waals surface area contributed by atoms with Crippen LogP contribution in [0.25, 0.3) is 0 Å². The van der Waals surface area contributed by atoms with Crippen LogP contribution in [0.5, 0.6) is 5.75 Å². The van der Waals surface area contributed by atoms with E-state index < -0.39 is 22.7 Å². The van der Waals surface area contributed by atoms with E-state index in [0.717, 1.165) is 25.7 Å². The van der Waals surface area contributed by atoms with Crippen molar-refractivity contribution in [1.29, 1.82) is 0 Å². The average molecular weight is 433 g/mol. The van der Waals surface area contributed by atoms with E-state index in [-0.39, 0.29) is 18.1 Å². The van der Waals surface area contributed by atoms with Gasteiger partial charge >= 0.3 is 0 Å². The van der Waals surface area contributed by atoms with Gasteiger partial charge in [-0.25, -0.2) is 0 Å². The minimum Gasteiger partial charge on any atom is -0.496 e. The normalized spacial score (nSPS) is 22.0. The minimum atomic E-state index is -1.02. The van der Waals surface area contributed by atoms with E-state index in [0.29, 0.717) is 36.5 Å². The Kier molecular flexibility index (Phi) is 7.20. The van der Waals surface area contributed by atoms with Crippen molar-refractivity contribution in [2.75, 3.05) is 13.2 Å². The van der Waals surface area contributed by atoms with Crippen LogP contribution in [0.2, 0.25) is 0 Å². The van der Waals surface area contributed by atoms with Crippen molar-refractivity contribution in [3.8, 4) is 5.75 Å². The van der Waals surface area contributed by atoms with Gasteiger partial charge < -0.3 is 19.5 Å². The standard InChI is InChI=1S/C23H32N2O6/c1-4-7-11-23(12-8-5-2)22(27)21(24-15-17(30-6-3)14-20(24)26)18-13-16(25(28)29)9-10-19(18)31-23/h9-10,13-14,21-22,27H,4-8,11-12,15H2,1-3H3/t21-,22+/m0/s1. The third kappa shape index (κ3) is 4.54. The molecule has 1 N–H and O–H groups in total. The molecule has 170 valence electrons. The second kappa shape index (κ2) is 9.68. The van der Waals surface area contributed by atoms with Crippen molar-refractivity contribution in [2.45, 2.75) is 77.0 Å². The molecule has 3 rings (SSSR count). The van der Waals surface area contributed by atoms with Crippen LogP contribution in [0.1, 0.15) is 70.9 Å². The molecule has 0 radical (unpaired) electrons. The van der Waals surface area contributed by atoms with Gasteiger partial charge in [-0.2, -0.15) is 0 Å². The van der Waals surface area contributed by atoms with Gasteiger partial charge in [0.25, 0.3) is 11.6 Å². The Morgan fingerprint density at radius 3 is 2.52 bits per heavy atom. The van der Waals surface area contributed by atoms with Crippen LogP contribution in [0.15, 0.2) is 30.0 Å². The van der Waals surface area contributed by atoms with Gasteiger partial charge in [0.05, 0.1) is 24.1 Å². The maximum Gasteiger partial charge on any atom is 0.270 e. The van der Waals surface area contributed by atoms with Crippen LogP contribution in [0, 0.1) is 10.1 Å². The van der Waals surface area contributed by atoms with E-state index in [1.54, 1.807) is 11.0 Å². The number of hydrogen-bond acceptors (Lipinski definition) is 6. The molecule has 1 aromatic carbocycles. The smallest absolute Gasteiger partial charge is 0.270 e. The lowest BCUT2D eigenvalue weighted by atomic mass is 9.77. The highest BCUT2D eigenvalue weighted by molar-refractivity contribution is 5.91. The topological polar surface area (TPSA) is 102 Å². The number of benzene rings is 1. The number of aliphatic hydroxyl groups excluding tert-OH is 1. The van der Waals surface area contributed by atoms with Crippen molar-refractivity contribution in [2.24, 2.45) is 0 Å². The van der Waals surface area contributed by atoms with Gasteiger partial charge in [0, 0.05) is 23.8 Å². The van der Waals surface area contributed by atoms with Gasteiger partial charge in [-0.1, -0.05) is 26.7 Å². The summed E-state index contributed by atoms with van der Waals surface area (Å²) < 4.78 is 12.0. The first-order chi connectivity index (χ1) is 14.9. The molecule has 0 aromatic heterocycles. The molecule has 2 aliphatic heterocycles. The van der Waals surface area contributed by atoms with E-state index in [2.05, 4.69) is 13.8 Å². The summed E-state index contributed by atoms with van der Waals surface area (Å²) in [5.74, 6) is 0.753. The fourth-order valence-corrected chi connectivity index (χ4v) is 4.54. The van der Waals surface area contributed by atoms with Crippen LogP contribution >= 0.6 is 0 Å². The van der Waals surface area contributed by atoms with Gasteiger partial charge in [-0.05, 0) is 38.7 Å². The number of fused-ring (bicyclic) bond motifs is 1. The van der Waals surface area contributed by atoms with Gasteiger partial charge in [-0.15, -0.1) is 0 Å². The molecule has 8 nitrogen and oxygen atoms in total. The first kappa shape index (κ1) is 23.1. The number of nitrogens with zero attached hydrogens (tertiary/aromatic N) is 2. The number of hydrogen-bond donors (Lipinski definition) is 1. The summed E-state index contributed by atoms with van der Waals surface area (Å²) in [5.41, 5.74) is -0.488. The van der Waals surface area contributed by atoms with E-state index in [1.807, 2.05) is 6.92 Å². The SMILES string of the molecule is CCCCC1(CCCC)Oc2ccc([N+](=O)[O-])cc2[C@H](N2CC(OCC)=CC2=O)[C@H]1O. The summed E-state index contributed by atoms with van der Waals surface area (Å²) in [7, 11) is 0. The van der Waals surface area contributed by atoms with E-state index >= 15 is 0 Å². The fourth-order valence-electron chi connectivity index (χ4n) is 4.54. The highest BCUT2D eigenvalue weighted by Crippen LogP contribution is 2.48. The molecule has 31 heavy (non-hydrogen) atoms. The van der Waals surface area contributed by atoms with E-state index in [1.165, 1.54) is 18.2 Å². The first-order valence-electron chi connectivity index (χ1n) is 11.2. The Hall–Kier alpha value is -2.61. The Morgan fingerprint density at radius 2 is 1.94 bits per heavy atom. The van der Waals surface area contributed by atoms with E-state index in [4.69, 9.17) is 9.47 Å².